The summed E-state index contributed by atoms with van der Waals surface area (Å²) in [6, 6.07) is 7.71. The number of nitrogens with zero attached hydrogens (tertiary/aromatic N) is 3. The van der Waals surface area contributed by atoms with E-state index in [1.807, 2.05) is 0 Å². The Balaban J connectivity index is 1.50. The number of fused-ring (bicyclic) bond motifs is 1. The predicted molar refractivity (Wildman–Crippen MR) is 142 cm³/mol. The van der Waals surface area contributed by atoms with Gasteiger partial charge >= 0.3 is 0 Å². The molecule has 10 nitrogen and oxygen atoms in total. The number of anilines is 2. The van der Waals surface area contributed by atoms with Gasteiger partial charge < -0.3 is 19.5 Å². The molecule has 0 spiro atoms. The van der Waals surface area contributed by atoms with E-state index in [1.54, 1.807) is 18.2 Å². The molecule has 1 aliphatic carbocycles. The molecule has 1 saturated carbocycles. The van der Waals surface area contributed by atoms with Crippen LogP contribution in [-0.2, 0) is 14.9 Å². The lowest BCUT2D eigenvalue weighted by molar-refractivity contribution is 0.0134. The standard InChI is InChI=1S/C25H29ClFN5O5S/c1-35-22-15-21-18(24(29-16-28-21)30-17-5-6-20(27)19(26)13-17)14-23(22)37-25(7-3-2-4-8-25)31-38(33,34)32-9-11-36-12-10-32/h5-6,13-16,31H,2-4,7-12H2,1H3,(H,28,29,30). The van der Waals surface area contributed by atoms with Crippen molar-refractivity contribution in [3.05, 3.63) is 47.5 Å². The molecule has 38 heavy (non-hydrogen) atoms. The minimum absolute atomic E-state index is 0.0224. The number of aromatic nitrogens is 2. The van der Waals surface area contributed by atoms with Gasteiger partial charge in [0.25, 0.3) is 10.2 Å². The predicted octanol–water partition coefficient (Wildman–Crippen LogP) is 4.38. The summed E-state index contributed by atoms with van der Waals surface area (Å²) in [6.45, 7) is 1.26. The third-order valence-electron chi connectivity index (χ3n) is 6.69. The molecule has 5 rings (SSSR count). The first-order valence-corrected chi connectivity index (χ1v) is 14.2. The maximum Gasteiger partial charge on any atom is 0.282 e. The quantitative estimate of drug-likeness (QED) is 0.387. The zero-order valence-corrected chi connectivity index (χ0v) is 22.4. The van der Waals surface area contributed by atoms with Crippen LogP contribution >= 0.6 is 11.6 Å². The van der Waals surface area contributed by atoms with Crippen LogP contribution in [0.5, 0.6) is 11.5 Å². The van der Waals surface area contributed by atoms with Crippen molar-refractivity contribution in [3.63, 3.8) is 0 Å². The first-order valence-electron chi connectivity index (χ1n) is 12.4. The van der Waals surface area contributed by atoms with Gasteiger partial charge in [0.05, 0.1) is 30.9 Å². The molecule has 2 N–H and O–H groups in total. The van der Waals surface area contributed by atoms with Gasteiger partial charge in [0.2, 0.25) is 0 Å². The Labute approximate surface area is 225 Å². The number of halogens is 2. The van der Waals surface area contributed by atoms with E-state index in [0.29, 0.717) is 60.0 Å². The molecule has 2 aromatic carbocycles. The van der Waals surface area contributed by atoms with Crippen molar-refractivity contribution in [3.8, 4) is 11.5 Å². The number of hydrogen-bond donors (Lipinski definition) is 2. The van der Waals surface area contributed by atoms with Crippen molar-refractivity contribution >= 4 is 44.2 Å². The third kappa shape index (κ3) is 5.79. The van der Waals surface area contributed by atoms with Crippen LogP contribution < -0.4 is 19.5 Å². The van der Waals surface area contributed by atoms with Gasteiger partial charge in [-0.1, -0.05) is 18.0 Å². The molecular formula is C25H29ClFN5O5S. The highest BCUT2D eigenvalue weighted by Crippen LogP contribution is 2.40. The maximum absolute atomic E-state index is 13.6. The topological polar surface area (TPSA) is 115 Å². The fraction of sp³-hybridized carbons (Fsp3) is 0.440. The van der Waals surface area contributed by atoms with Gasteiger partial charge in [-0.25, -0.2) is 14.4 Å². The average molecular weight is 566 g/mol. The van der Waals surface area contributed by atoms with Crippen LogP contribution in [0, 0.1) is 5.82 Å². The lowest BCUT2D eigenvalue weighted by Gasteiger charge is -2.40. The second-order valence-electron chi connectivity index (χ2n) is 9.27. The van der Waals surface area contributed by atoms with Crippen molar-refractivity contribution < 1.29 is 27.0 Å². The van der Waals surface area contributed by atoms with Gasteiger partial charge in [-0.3, -0.25) is 0 Å². The summed E-state index contributed by atoms with van der Waals surface area (Å²) < 4.78 is 61.9. The molecule has 1 aromatic heterocycles. The number of hydrogen-bond acceptors (Lipinski definition) is 8. The Hall–Kier alpha value is -2.77. The highest BCUT2D eigenvalue weighted by molar-refractivity contribution is 7.87. The SMILES string of the molecule is COc1cc2ncnc(Nc3ccc(F)c(Cl)c3)c2cc1OC1(NS(=O)(=O)N2CCOCC2)CCCCC1. The van der Waals surface area contributed by atoms with E-state index in [0.717, 1.165) is 19.3 Å². The minimum Gasteiger partial charge on any atom is -0.493 e. The van der Waals surface area contributed by atoms with E-state index >= 15 is 0 Å². The van der Waals surface area contributed by atoms with Crippen molar-refractivity contribution in [2.24, 2.45) is 0 Å². The summed E-state index contributed by atoms with van der Waals surface area (Å²) in [5, 5.41) is 3.73. The monoisotopic (exact) mass is 565 g/mol. The molecule has 204 valence electrons. The second kappa shape index (κ2) is 11.1. The van der Waals surface area contributed by atoms with Crippen LogP contribution in [-0.4, -0.2) is 61.8 Å². The van der Waals surface area contributed by atoms with Crippen LogP contribution in [0.3, 0.4) is 0 Å². The zero-order chi connectivity index (χ0) is 26.8. The first kappa shape index (κ1) is 26.8. The molecule has 0 radical (unpaired) electrons. The molecule has 1 saturated heterocycles. The number of rotatable bonds is 8. The van der Waals surface area contributed by atoms with E-state index in [1.165, 1.54) is 29.9 Å². The lowest BCUT2D eigenvalue weighted by atomic mass is 9.92. The summed E-state index contributed by atoms with van der Waals surface area (Å²) in [4.78, 5) is 8.70. The summed E-state index contributed by atoms with van der Waals surface area (Å²) in [6.07, 6.45) is 5.01. The molecule has 0 unspecified atom stereocenters. The smallest absolute Gasteiger partial charge is 0.282 e. The van der Waals surface area contributed by atoms with E-state index in [2.05, 4.69) is 20.0 Å². The van der Waals surface area contributed by atoms with Crippen LogP contribution in [0.4, 0.5) is 15.9 Å². The Kier molecular flexibility index (Phi) is 7.87. The number of morpholine rings is 1. The van der Waals surface area contributed by atoms with Crippen LogP contribution in [0.25, 0.3) is 10.9 Å². The molecule has 13 heteroatoms. The molecule has 2 heterocycles. The van der Waals surface area contributed by atoms with Crippen LogP contribution in [0.2, 0.25) is 5.02 Å². The molecule has 1 aliphatic heterocycles. The van der Waals surface area contributed by atoms with Crippen LogP contribution in [0.15, 0.2) is 36.7 Å². The largest absolute Gasteiger partial charge is 0.493 e. The normalized spacial score (nSPS) is 18.3. The molecule has 0 amide bonds. The number of ether oxygens (including phenoxy) is 3. The molecular weight excluding hydrogens is 537 g/mol. The summed E-state index contributed by atoms with van der Waals surface area (Å²) in [5.41, 5.74) is -0.0347. The highest BCUT2D eigenvalue weighted by atomic mass is 35.5. The maximum atomic E-state index is 13.6. The van der Waals surface area contributed by atoms with Gasteiger partial charge in [-0.2, -0.15) is 17.4 Å². The van der Waals surface area contributed by atoms with E-state index in [-0.39, 0.29) is 18.1 Å². The fourth-order valence-corrected chi connectivity index (χ4v) is 6.41. The molecule has 0 bridgehead atoms. The average Bonchev–Trinajstić information content (AvgIpc) is 2.91. The Morgan fingerprint density at radius 3 is 2.55 bits per heavy atom. The second-order valence-corrected chi connectivity index (χ2v) is 11.3. The first-order chi connectivity index (χ1) is 18.3. The third-order valence-corrected chi connectivity index (χ3v) is 8.66. The van der Waals surface area contributed by atoms with Gasteiger partial charge in [0.15, 0.2) is 17.2 Å². The molecule has 0 atom stereocenters. The number of benzene rings is 2. The fourth-order valence-electron chi connectivity index (χ4n) is 4.76. The summed E-state index contributed by atoms with van der Waals surface area (Å²) >= 11 is 5.95. The van der Waals surface area contributed by atoms with Crippen molar-refractivity contribution in [2.45, 2.75) is 37.8 Å². The van der Waals surface area contributed by atoms with Crippen molar-refractivity contribution in [1.29, 1.82) is 0 Å². The summed E-state index contributed by atoms with van der Waals surface area (Å²) in [5.74, 6) is 0.670. The molecule has 2 fully saturated rings. The molecule has 3 aromatic rings. The van der Waals surface area contributed by atoms with Crippen molar-refractivity contribution in [2.75, 3.05) is 38.7 Å². The Morgan fingerprint density at radius 2 is 1.84 bits per heavy atom. The number of methoxy groups -OCH3 is 1. The Bertz CT molecular complexity index is 1410. The van der Waals surface area contributed by atoms with Crippen molar-refractivity contribution in [1.82, 2.24) is 19.0 Å². The van der Waals surface area contributed by atoms with Crippen LogP contribution in [0.1, 0.15) is 32.1 Å². The van der Waals surface area contributed by atoms with Gasteiger partial charge in [0.1, 0.15) is 18.0 Å². The Morgan fingerprint density at radius 1 is 1.08 bits per heavy atom. The zero-order valence-electron chi connectivity index (χ0n) is 20.9. The van der Waals surface area contributed by atoms with E-state index in [4.69, 9.17) is 25.8 Å². The summed E-state index contributed by atoms with van der Waals surface area (Å²) in [7, 11) is -2.31. The van der Waals surface area contributed by atoms with E-state index in [9.17, 15) is 12.8 Å². The molecule has 2 aliphatic rings. The lowest BCUT2D eigenvalue weighted by Crippen LogP contribution is -2.59. The minimum atomic E-state index is -3.82. The van der Waals surface area contributed by atoms with E-state index < -0.39 is 21.8 Å². The van der Waals surface area contributed by atoms with Gasteiger partial charge in [-0.15, -0.1) is 0 Å². The number of nitrogens with one attached hydrogen (secondary N) is 2. The van der Waals surface area contributed by atoms with Gasteiger partial charge in [-0.05, 0) is 37.1 Å². The van der Waals surface area contributed by atoms with Gasteiger partial charge in [0, 0.05) is 43.1 Å². The highest BCUT2D eigenvalue weighted by Gasteiger charge is 2.41.